The Morgan fingerprint density at radius 3 is 2.65 bits per heavy atom. The molecule has 0 unspecified atom stereocenters. The summed E-state index contributed by atoms with van der Waals surface area (Å²) in [6.07, 6.45) is 4.83. The number of nitrogens with one attached hydrogen (secondary N) is 1. The number of carbonyl (C=O) groups excluding carboxylic acids is 1. The molecule has 0 aromatic carbocycles. The fourth-order valence-electron chi connectivity index (χ4n) is 1.77. The molecule has 7 heteroatoms. The molecule has 0 saturated carbocycles. The van der Waals surface area contributed by atoms with E-state index >= 15 is 0 Å². The van der Waals surface area contributed by atoms with E-state index in [-0.39, 0.29) is 19.1 Å². The molecule has 0 spiro atoms. The third-order valence-corrected chi connectivity index (χ3v) is 2.98. The van der Waals surface area contributed by atoms with Crippen LogP contribution in [0.2, 0.25) is 0 Å². The summed E-state index contributed by atoms with van der Waals surface area (Å²) in [4.78, 5) is 34.6. The first-order chi connectivity index (χ1) is 9.56. The molecule has 0 saturated heterocycles. The fraction of sp³-hybridized carbons (Fsp3) is 0.615. The van der Waals surface area contributed by atoms with Crippen LogP contribution in [0, 0.1) is 0 Å². The van der Waals surface area contributed by atoms with Gasteiger partial charge < -0.3 is 10.4 Å². The Bertz CT molecular complexity index is 547. The Kier molecular flexibility index (Phi) is 6.72. The normalized spacial score (nSPS) is 10.5. The first-order valence-electron chi connectivity index (χ1n) is 6.70. The van der Waals surface area contributed by atoms with Gasteiger partial charge in [-0.05, 0) is 12.8 Å². The molecule has 1 heterocycles. The van der Waals surface area contributed by atoms with E-state index in [9.17, 15) is 14.4 Å². The molecule has 1 aromatic rings. The lowest BCUT2D eigenvalue weighted by Crippen LogP contribution is -2.40. The number of amides is 1. The molecular weight excluding hydrogens is 262 g/mol. The number of hydrogen-bond donors (Lipinski definition) is 2. The van der Waals surface area contributed by atoms with Gasteiger partial charge in [-0.3, -0.25) is 18.7 Å². The number of aromatic nitrogens is 2. The highest BCUT2D eigenvalue weighted by atomic mass is 16.3. The van der Waals surface area contributed by atoms with Gasteiger partial charge in [0.2, 0.25) is 5.91 Å². The van der Waals surface area contributed by atoms with E-state index < -0.39 is 11.2 Å². The molecule has 0 atom stereocenters. The van der Waals surface area contributed by atoms with Crippen LogP contribution in [-0.4, -0.2) is 33.3 Å². The van der Waals surface area contributed by atoms with E-state index in [1.54, 1.807) is 0 Å². The van der Waals surface area contributed by atoms with Crippen molar-refractivity contribution in [3.8, 4) is 0 Å². The molecule has 0 bridgehead atoms. The van der Waals surface area contributed by atoms with E-state index in [1.165, 1.54) is 23.9 Å². The van der Waals surface area contributed by atoms with Crippen molar-refractivity contribution in [3.63, 3.8) is 0 Å². The molecular formula is C13H21N3O4. The van der Waals surface area contributed by atoms with Crippen LogP contribution in [0.15, 0.2) is 21.9 Å². The van der Waals surface area contributed by atoms with Crippen molar-refractivity contribution < 1.29 is 9.90 Å². The van der Waals surface area contributed by atoms with Crippen LogP contribution in [0.3, 0.4) is 0 Å². The van der Waals surface area contributed by atoms with Crippen molar-refractivity contribution in [2.24, 2.45) is 7.05 Å². The summed E-state index contributed by atoms with van der Waals surface area (Å²) in [5, 5.41) is 11.3. The molecule has 112 valence electrons. The molecule has 7 nitrogen and oxygen atoms in total. The summed E-state index contributed by atoms with van der Waals surface area (Å²) in [5.74, 6) is -0.257. The average molecular weight is 283 g/mol. The maximum Gasteiger partial charge on any atom is 0.331 e. The minimum atomic E-state index is -0.504. The van der Waals surface area contributed by atoms with Gasteiger partial charge in [-0.1, -0.05) is 12.8 Å². The Morgan fingerprint density at radius 2 is 1.95 bits per heavy atom. The van der Waals surface area contributed by atoms with Gasteiger partial charge in [-0.25, -0.2) is 4.79 Å². The summed E-state index contributed by atoms with van der Waals surface area (Å²) in [6, 6.07) is 1.25. The molecule has 1 amide bonds. The summed E-state index contributed by atoms with van der Waals surface area (Å²) in [6.45, 7) is 0.649. The molecule has 0 fully saturated rings. The maximum atomic E-state index is 11.7. The second kappa shape index (κ2) is 8.31. The van der Waals surface area contributed by atoms with E-state index in [4.69, 9.17) is 5.11 Å². The van der Waals surface area contributed by atoms with Gasteiger partial charge in [0.15, 0.2) is 0 Å². The second-order valence-corrected chi connectivity index (χ2v) is 4.61. The van der Waals surface area contributed by atoms with Crippen LogP contribution >= 0.6 is 0 Å². The van der Waals surface area contributed by atoms with Crippen LogP contribution in [0.4, 0.5) is 0 Å². The first kappa shape index (κ1) is 16.2. The van der Waals surface area contributed by atoms with Gasteiger partial charge in [-0.2, -0.15) is 0 Å². The molecule has 1 rings (SSSR count). The Hall–Kier alpha value is -1.89. The third-order valence-electron chi connectivity index (χ3n) is 2.98. The Morgan fingerprint density at radius 1 is 1.25 bits per heavy atom. The lowest BCUT2D eigenvalue weighted by atomic mass is 10.2. The molecule has 1 aromatic heterocycles. The summed E-state index contributed by atoms with van der Waals surface area (Å²) in [7, 11) is 1.38. The maximum absolute atomic E-state index is 11.7. The van der Waals surface area contributed by atoms with Gasteiger partial charge in [0.1, 0.15) is 6.54 Å². The summed E-state index contributed by atoms with van der Waals surface area (Å²) in [5.41, 5.74) is -0.897. The molecule has 2 N–H and O–H groups in total. The third kappa shape index (κ3) is 5.00. The lowest BCUT2D eigenvalue weighted by molar-refractivity contribution is -0.121. The minimum absolute atomic E-state index is 0.0937. The number of aliphatic hydroxyl groups is 1. The van der Waals surface area contributed by atoms with Crippen molar-refractivity contribution in [1.29, 1.82) is 0 Å². The smallest absolute Gasteiger partial charge is 0.331 e. The number of carbonyl (C=O) groups is 1. The van der Waals surface area contributed by atoms with E-state index in [0.717, 1.165) is 30.3 Å². The quantitative estimate of drug-likeness (QED) is 0.612. The van der Waals surface area contributed by atoms with Crippen LogP contribution in [-0.2, 0) is 18.4 Å². The minimum Gasteiger partial charge on any atom is -0.396 e. The van der Waals surface area contributed by atoms with Crippen LogP contribution < -0.4 is 16.6 Å². The largest absolute Gasteiger partial charge is 0.396 e. The number of nitrogens with zero attached hydrogens (tertiary/aromatic N) is 2. The van der Waals surface area contributed by atoms with Crippen LogP contribution in [0.5, 0.6) is 0 Å². The summed E-state index contributed by atoms with van der Waals surface area (Å²) < 4.78 is 2.16. The van der Waals surface area contributed by atoms with Gasteiger partial charge >= 0.3 is 5.69 Å². The SMILES string of the molecule is Cn1c(=O)ccn(CC(=O)NCCCCCCO)c1=O. The molecule has 0 aliphatic carbocycles. The standard InChI is InChI=1S/C13H21N3O4/c1-15-12(19)6-8-16(13(15)20)10-11(18)14-7-4-2-3-5-9-17/h6,8,17H,2-5,7,9-10H2,1H3,(H,14,18). The predicted molar refractivity (Wildman–Crippen MR) is 74.5 cm³/mol. The van der Waals surface area contributed by atoms with Crippen LogP contribution in [0.25, 0.3) is 0 Å². The molecule has 20 heavy (non-hydrogen) atoms. The van der Waals surface area contributed by atoms with Gasteiger partial charge in [0.05, 0.1) is 0 Å². The van der Waals surface area contributed by atoms with Gasteiger partial charge in [-0.15, -0.1) is 0 Å². The predicted octanol–water partition coefficient (Wildman–Crippen LogP) is -0.784. The number of aliphatic hydroxyl groups excluding tert-OH is 1. The highest BCUT2D eigenvalue weighted by Crippen LogP contribution is 1.97. The molecule has 0 aliphatic heterocycles. The molecule has 0 aliphatic rings. The second-order valence-electron chi connectivity index (χ2n) is 4.61. The molecule has 0 radical (unpaired) electrons. The van der Waals surface area contributed by atoms with Crippen molar-refractivity contribution in [2.45, 2.75) is 32.2 Å². The van der Waals surface area contributed by atoms with Crippen molar-refractivity contribution >= 4 is 5.91 Å². The zero-order valence-electron chi connectivity index (χ0n) is 11.7. The average Bonchev–Trinajstić information content (AvgIpc) is 2.43. The van der Waals surface area contributed by atoms with Gasteiger partial charge in [0.25, 0.3) is 5.56 Å². The number of hydrogen-bond acceptors (Lipinski definition) is 4. The Labute approximate surface area is 116 Å². The van der Waals surface area contributed by atoms with Crippen LogP contribution in [0.1, 0.15) is 25.7 Å². The first-order valence-corrected chi connectivity index (χ1v) is 6.70. The van der Waals surface area contributed by atoms with Crippen molar-refractivity contribution in [2.75, 3.05) is 13.2 Å². The van der Waals surface area contributed by atoms with E-state index in [1.807, 2.05) is 0 Å². The summed E-state index contributed by atoms with van der Waals surface area (Å²) >= 11 is 0. The zero-order valence-corrected chi connectivity index (χ0v) is 11.7. The lowest BCUT2D eigenvalue weighted by Gasteiger charge is -2.08. The number of unbranched alkanes of at least 4 members (excludes halogenated alkanes) is 3. The fourth-order valence-corrected chi connectivity index (χ4v) is 1.77. The highest BCUT2D eigenvalue weighted by Gasteiger charge is 2.06. The van der Waals surface area contributed by atoms with Crippen molar-refractivity contribution in [1.82, 2.24) is 14.5 Å². The number of rotatable bonds is 8. The topological polar surface area (TPSA) is 93.3 Å². The monoisotopic (exact) mass is 283 g/mol. The van der Waals surface area contributed by atoms with E-state index in [2.05, 4.69) is 5.32 Å². The van der Waals surface area contributed by atoms with E-state index in [0.29, 0.717) is 6.54 Å². The highest BCUT2D eigenvalue weighted by molar-refractivity contribution is 5.75. The Balaban J connectivity index is 2.38. The zero-order chi connectivity index (χ0) is 15.0. The van der Waals surface area contributed by atoms with Crippen molar-refractivity contribution in [3.05, 3.63) is 33.1 Å². The van der Waals surface area contributed by atoms with Gasteiger partial charge in [0, 0.05) is 32.5 Å².